The largest absolute Gasteiger partial charge is 0.462 e. The predicted molar refractivity (Wildman–Crippen MR) is 131 cm³/mol. The monoisotopic (exact) mass is 544 g/mol. The SMILES string of the molecule is CC(C)OC(=O)[C@H](C)NP(=O)(OC[C@@]1(C)O[C@@H](n2ccc(N)nc2=S)[C@@H](F)[C@H]1O)Oc1ccccc1. The van der Waals surface area contributed by atoms with Crippen molar-refractivity contribution in [3.05, 3.63) is 47.4 Å². The van der Waals surface area contributed by atoms with Gasteiger partial charge in [0.25, 0.3) is 0 Å². The maximum Gasteiger partial charge on any atom is 0.459 e. The van der Waals surface area contributed by atoms with Gasteiger partial charge in [0, 0.05) is 6.20 Å². The lowest BCUT2D eigenvalue weighted by atomic mass is 9.99. The highest BCUT2D eigenvalue weighted by atomic mass is 32.1. The Morgan fingerprint density at radius 1 is 1.36 bits per heavy atom. The molecule has 4 N–H and O–H groups in total. The molecular formula is C22H30FN4O7PS. The van der Waals surface area contributed by atoms with Gasteiger partial charge in [-0.1, -0.05) is 18.2 Å². The lowest BCUT2D eigenvalue weighted by Gasteiger charge is -2.30. The number of nitrogens with two attached hydrogens (primary N) is 1. The summed E-state index contributed by atoms with van der Waals surface area (Å²) in [7, 11) is -4.26. The number of carbonyl (C=O) groups excluding carboxylic acids is 1. The van der Waals surface area contributed by atoms with Crippen LogP contribution in [0.15, 0.2) is 42.6 Å². The molecule has 3 rings (SSSR count). The number of nitrogens with zero attached hydrogens (tertiary/aromatic N) is 2. The number of halogens is 1. The Kier molecular flexibility index (Phi) is 8.86. The van der Waals surface area contributed by atoms with Gasteiger partial charge < -0.3 is 24.8 Å². The Hall–Kier alpha value is -2.41. The highest BCUT2D eigenvalue weighted by Crippen LogP contribution is 2.48. The summed E-state index contributed by atoms with van der Waals surface area (Å²) in [5.41, 5.74) is 3.94. The number of aromatic nitrogens is 2. The fourth-order valence-electron chi connectivity index (χ4n) is 3.40. The van der Waals surface area contributed by atoms with Gasteiger partial charge in [-0.2, -0.15) is 5.09 Å². The highest BCUT2D eigenvalue weighted by Gasteiger charge is 2.54. The normalized spacial score (nSPS) is 26.4. The zero-order valence-electron chi connectivity index (χ0n) is 20.2. The summed E-state index contributed by atoms with van der Waals surface area (Å²) in [6.45, 7) is 5.61. The average Bonchev–Trinajstić information content (AvgIpc) is 3.02. The van der Waals surface area contributed by atoms with E-state index in [-0.39, 0.29) is 16.3 Å². The molecule has 0 aliphatic carbocycles. The maximum absolute atomic E-state index is 15.1. The summed E-state index contributed by atoms with van der Waals surface area (Å²) in [5.74, 6) is -0.342. The van der Waals surface area contributed by atoms with Gasteiger partial charge in [-0.05, 0) is 58.1 Å². The van der Waals surface area contributed by atoms with Crippen molar-refractivity contribution < 1.29 is 37.4 Å². The number of benzene rings is 1. The van der Waals surface area contributed by atoms with E-state index in [9.17, 15) is 14.5 Å². The molecule has 1 saturated heterocycles. The molecule has 0 radical (unpaired) electrons. The van der Waals surface area contributed by atoms with Crippen LogP contribution in [0, 0.1) is 4.77 Å². The molecule has 198 valence electrons. The molecule has 1 aliphatic heterocycles. The van der Waals surface area contributed by atoms with Gasteiger partial charge in [-0.3, -0.25) is 13.9 Å². The first-order chi connectivity index (χ1) is 16.8. The van der Waals surface area contributed by atoms with Crippen LogP contribution in [-0.4, -0.2) is 57.3 Å². The van der Waals surface area contributed by atoms with Gasteiger partial charge in [0.1, 0.15) is 29.3 Å². The first-order valence-corrected chi connectivity index (χ1v) is 13.1. The van der Waals surface area contributed by atoms with Crippen LogP contribution in [0.25, 0.3) is 0 Å². The second kappa shape index (κ2) is 11.3. The van der Waals surface area contributed by atoms with Crippen LogP contribution in [0.4, 0.5) is 10.2 Å². The van der Waals surface area contributed by atoms with Crippen molar-refractivity contribution >= 4 is 31.8 Å². The molecule has 2 aromatic rings. The zero-order chi connectivity index (χ0) is 26.7. The van der Waals surface area contributed by atoms with E-state index in [4.69, 9.17) is 36.5 Å². The Labute approximate surface area is 213 Å². The van der Waals surface area contributed by atoms with Crippen molar-refractivity contribution in [2.45, 2.75) is 63.9 Å². The standard InChI is InChI=1S/C22H30FN4O7PS/c1-13(2)32-20(29)14(3)26-35(30,34-15-8-6-5-7-9-15)31-12-22(4)18(28)17(23)19(33-22)27-11-10-16(24)25-21(27)36/h5-11,13-14,17-19,28H,12H2,1-4H3,(H,26,30)(H2,24,25,36)/t14-,17-,18+,19+,22+,35?/m0/s1. The molecule has 0 saturated carbocycles. The van der Waals surface area contributed by atoms with E-state index < -0.39 is 56.6 Å². The molecule has 0 spiro atoms. The minimum Gasteiger partial charge on any atom is -0.462 e. The third kappa shape index (κ3) is 6.67. The van der Waals surface area contributed by atoms with Gasteiger partial charge in [0.2, 0.25) is 4.77 Å². The molecule has 0 amide bonds. The van der Waals surface area contributed by atoms with Crippen molar-refractivity contribution in [2.75, 3.05) is 12.3 Å². The van der Waals surface area contributed by atoms with E-state index in [0.717, 1.165) is 0 Å². The van der Waals surface area contributed by atoms with Gasteiger partial charge in [0.15, 0.2) is 12.4 Å². The van der Waals surface area contributed by atoms with Crippen molar-refractivity contribution in [1.29, 1.82) is 0 Å². The molecule has 14 heteroatoms. The molecule has 1 unspecified atom stereocenters. The molecule has 0 bridgehead atoms. The Bertz CT molecular complexity index is 1170. The first kappa shape index (κ1) is 28.2. The van der Waals surface area contributed by atoms with Crippen LogP contribution in [0.5, 0.6) is 5.75 Å². The molecule has 1 fully saturated rings. The average molecular weight is 545 g/mol. The summed E-state index contributed by atoms with van der Waals surface area (Å²) < 4.78 is 52.1. The Morgan fingerprint density at radius 3 is 2.64 bits per heavy atom. The van der Waals surface area contributed by atoms with Gasteiger partial charge in [-0.25, -0.2) is 13.9 Å². The second-order valence-electron chi connectivity index (χ2n) is 8.76. The zero-order valence-corrected chi connectivity index (χ0v) is 21.9. The Balaban J connectivity index is 1.81. The number of carbonyl (C=O) groups is 1. The number of hydrogen-bond donors (Lipinski definition) is 3. The van der Waals surface area contributed by atoms with E-state index in [2.05, 4.69) is 10.1 Å². The van der Waals surface area contributed by atoms with E-state index in [1.807, 2.05) is 0 Å². The molecule has 1 aromatic carbocycles. The number of ether oxygens (including phenoxy) is 2. The predicted octanol–water partition coefficient (Wildman–Crippen LogP) is 3.31. The summed E-state index contributed by atoms with van der Waals surface area (Å²) in [5, 5.41) is 13.2. The van der Waals surface area contributed by atoms with Crippen molar-refractivity contribution in [1.82, 2.24) is 14.6 Å². The summed E-state index contributed by atoms with van der Waals surface area (Å²) in [4.78, 5) is 16.2. The summed E-state index contributed by atoms with van der Waals surface area (Å²) in [6.07, 6.45) is -3.94. The fraction of sp³-hybridized carbons (Fsp3) is 0.500. The number of rotatable bonds is 10. The van der Waals surface area contributed by atoms with Crippen LogP contribution >= 0.6 is 20.0 Å². The van der Waals surface area contributed by atoms with E-state index in [1.165, 1.54) is 30.7 Å². The van der Waals surface area contributed by atoms with Crippen LogP contribution in [-0.2, 0) is 23.4 Å². The number of nitrogen functional groups attached to an aromatic ring is 1. The molecule has 11 nitrogen and oxygen atoms in total. The number of hydrogen-bond acceptors (Lipinski definition) is 10. The van der Waals surface area contributed by atoms with Gasteiger partial charge in [0.05, 0.1) is 12.7 Å². The number of aliphatic hydroxyl groups is 1. The minimum atomic E-state index is -4.26. The quantitative estimate of drug-likeness (QED) is 0.230. The van der Waals surface area contributed by atoms with E-state index in [0.29, 0.717) is 0 Å². The van der Waals surface area contributed by atoms with Gasteiger partial charge >= 0.3 is 13.7 Å². The summed E-state index contributed by atoms with van der Waals surface area (Å²) >= 11 is 5.14. The minimum absolute atomic E-state index is 0.0442. The van der Waals surface area contributed by atoms with Gasteiger partial charge in [-0.15, -0.1) is 0 Å². The van der Waals surface area contributed by atoms with E-state index >= 15 is 4.39 Å². The van der Waals surface area contributed by atoms with Crippen LogP contribution < -0.4 is 15.3 Å². The smallest absolute Gasteiger partial charge is 0.459 e. The van der Waals surface area contributed by atoms with E-state index in [1.54, 1.807) is 44.2 Å². The van der Waals surface area contributed by atoms with Crippen molar-refractivity contribution in [3.63, 3.8) is 0 Å². The number of anilines is 1. The number of para-hydroxylation sites is 1. The fourth-order valence-corrected chi connectivity index (χ4v) is 5.26. The first-order valence-electron chi connectivity index (χ1n) is 11.2. The molecule has 1 aromatic heterocycles. The third-order valence-corrected chi connectivity index (χ3v) is 7.19. The lowest BCUT2D eigenvalue weighted by molar-refractivity contribution is -0.149. The number of alkyl halides is 1. The number of aliphatic hydroxyl groups excluding tert-OH is 1. The molecule has 6 atom stereocenters. The highest BCUT2D eigenvalue weighted by molar-refractivity contribution is 7.71. The maximum atomic E-state index is 15.1. The molecular weight excluding hydrogens is 514 g/mol. The lowest BCUT2D eigenvalue weighted by Crippen LogP contribution is -2.44. The number of nitrogens with one attached hydrogen (secondary N) is 1. The van der Waals surface area contributed by atoms with Crippen LogP contribution in [0.1, 0.15) is 33.9 Å². The second-order valence-corrected chi connectivity index (χ2v) is 10.8. The number of esters is 1. The molecule has 36 heavy (non-hydrogen) atoms. The molecule has 2 heterocycles. The third-order valence-electron chi connectivity index (χ3n) is 5.26. The van der Waals surface area contributed by atoms with Crippen molar-refractivity contribution in [2.24, 2.45) is 0 Å². The summed E-state index contributed by atoms with van der Waals surface area (Å²) in [6, 6.07) is 8.46. The van der Waals surface area contributed by atoms with Crippen LogP contribution in [0.3, 0.4) is 0 Å². The van der Waals surface area contributed by atoms with Crippen molar-refractivity contribution in [3.8, 4) is 5.75 Å². The van der Waals surface area contributed by atoms with Crippen LogP contribution in [0.2, 0.25) is 0 Å². The topological polar surface area (TPSA) is 147 Å². The Morgan fingerprint density at radius 2 is 2.03 bits per heavy atom. The molecule has 1 aliphatic rings.